The summed E-state index contributed by atoms with van der Waals surface area (Å²) < 4.78 is 0. The van der Waals surface area contributed by atoms with E-state index < -0.39 is 0 Å². The average molecular weight is 308 g/mol. The van der Waals surface area contributed by atoms with Gasteiger partial charge in [-0.3, -0.25) is 10.1 Å². The predicted molar refractivity (Wildman–Crippen MR) is 83.0 cm³/mol. The second kappa shape index (κ2) is 6.71. The first-order valence-corrected chi connectivity index (χ1v) is 7.96. The second-order valence-electron chi connectivity index (χ2n) is 4.71. The summed E-state index contributed by atoms with van der Waals surface area (Å²) in [7, 11) is 0. The molecule has 2 heterocycles. The highest BCUT2D eigenvalue weighted by Gasteiger charge is 2.07. The van der Waals surface area contributed by atoms with Crippen LogP contribution in [0.5, 0.6) is 0 Å². The molecule has 0 radical (unpaired) electrons. The standard InChI is InChI=1S/C13H16N4OS2/c1-8(2)6-12-16-17-13(20-12)15-11(18)5-4-10-7-19-9(3)14-10/h4-5,7-8H,6H2,1-3H3,(H,15,17,18)/b5-4+. The zero-order valence-corrected chi connectivity index (χ0v) is 13.2. The first-order valence-electron chi connectivity index (χ1n) is 6.26. The van der Waals surface area contributed by atoms with Gasteiger partial charge < -0.3 is 0 Å². The second-order valence-corrected chi connectivity index (χ2v) is 6.84. The molecule has 1 amide bonds. The molecule has 2 aromatic rings. The van der Waals surface area contributed by atoms with Gasteiger partial charge in [-0.05, 0) is 18.9 Å². The van der Waals surface area contributed by atoms with E-state index in [4.69, 9.17) is 0 Å². The molecule has 2 rings (SSSR count). The molecule has 0 aliphatic heterocycles. The van der Waals surface area contributed by atoms with Gasteiger partial charge in [-0.15, -0.1) is 21.5 Å². The highest BCUT2D eigenvalue weighted by Crippen LogP contribution is 2.18. The molecule has 1 N–H and O–H groups in total. The number of carbonyl (C=O) groups is 1. The van der Waals surface area contributed by atoms with E-state index in [1.807, 2.05) is 12.3 Å². The molecule has 0 fully saturated rings. The van der Waals surface area contributed by atoms with E-state index in [1.54, 1.807) is 17.4 Å². The minimum absolute atomic E-state index is 0.220. The van der Waals surface area contributed by atoms with Gasteiger partial charge in [0, 0.05) is 17.9 Å². The third kappa shape index (κ3) is 4.50. The van der Waals surface area contributed by atoms with Crippen molar-refractivity contribution in [3.63, 3.8) is 0 Å². The van der Waals surface area contributed by atoms with Gasteiger partial charge in [0.1, 0.15) is 5.01 Å². The number of anilines is 1. The van der Waals surface area contributed by atoms with Crippen LogP contribution in [0.15, 0.2) is 11.5 Å². The summed E-state index contributed by atoms with van der Waals surface area (Å²) in [6.45, 7) is 6.18. The zero-order valence-electron chi connectivity index (χ0n) is 11.6. The molecule has 7 heteroatoms. The van der Waals surface area contributed by atoms with E-state index >= 15 is 0 Å². The van der Waals surface area contributed by atoms with E-state index in [0.717, 1.165) is 22.1 Å². The Hall–Kier alpha value is -1.60. The van der Waals surface area contributed by atoms with Crippen LogP contribution in [0, 0.1) is 12.8 Å². The van der Waals surface area contributed by atoms with Gasteiger partial charge in [0.2, 0.25) is 11.0 Å². The molecule has 0 aliphatic rings. The van der Waals surface area contributed by atoms with E-state index in [0.29, 0.717) is 11.0 Å². The van der Waals surface area contributed by atoms with Crippen molar-refractivity contribution in [3.8, 4) is 0 Å². The molecule has 0 atom stereocenters. The van der Waals surface area contributed by atoms with Crippen molar-refractivity contribution in [1.82, 2.24) is 15.2 Å². The molecule has 0 unspecified atom stereocenters. The highest BCUT2D eigenvalue weighted by molar-refractivity contribution is 7.15. The summed E-state index contributed by atoms with van der Waals surface area (Å²) in [6, 6.07) is 0. The Labute approximate surface area is 125 Å². The monoisotopic (exact) mass is 308 g/mol. The Morgan fingerprint density at radius 2 is 2.25 bits per heavy atom. The van der Waals surface area contributed by atoms with Gasteiger partial charge in [-0.1, -0.05) is 25.2 Å². The topological polar surface area (TPSA) is 67.8 Å². The Morgan fingerprint density at radius 1 is 1.45 bits per heavy atom. The lowest BCUT2D eigenvalue weighted by Gasteiger charge is -1.97. The van der Waals surface area contributed by atoms with Gasteiger partial charge in [0.05, 0.1) is 10.7 Å². The van der Waals surface area contributed by atoms with Crippen LogP contribution < -0.4 is 5.32 Å². The van der Waals surface area contributed by atoms with Crippen molar-refractivity contribution in [2.75, 3.05) is 5.32 Å². The highest BCUT2D eigenvalue weighted by atomic mass is 32.1. The van der Waals surface area contributed by atoms with Gasteiger partial charge >= 0.3 is 0 Å². The maximum Gasteiger partial charge on any atom is 0.250 e. The fourth-order valence-corrected chi connectivity index (χ4v) is 3.04. The third-order valence-electron chi connectivity index (χ3n) is 2.32. The van der Waals surface area contributed by atoms with E-state index in [-0.39, 0.29) is 5.91 Å². The van der Waals surface area contributed by atoms with Crippen molar-refractivity contribution < 1.29 is 4.79 Å². The zero-order chi connectivity index (χ0) is 14.5. The molecule has 0 aromatic carbocycles. The molecule has 5 nitrogen and oxygen atoms in total. The third-order valence-corrected chi connectivity index (χ3v) is 3.97. The number of carbonyl (C=O) groups excluding carboxylic acids is 1. The van der Waals surface area contributed by atoms with Crippen LogP contribution in [-0.4, -0.2) is 21.1 Å². The molecular weight excluding hydrogens is 292 g/mol. The van der Waals surface area contributed by atoms with Crippen molar-refractivity contribution in [3.05, 3.63) is 27.2 Å². The number of hydrogen-bond acceptors (Lipinski definition) is 6. The maximum absolute atomic E-state index is 11.7. The van der Waals surface area contributed by atoms with E-state index in [2.05, 4.69) is 34.3 Å². The van der Waals surface area contributed by atoms with Crippen LogP contribution in [-0.2, 0) is 11.2 Å². The van der Waals surface area contributed by atoms with Crippen LogP contribution >= 0.6 is 22.7 Å². The summed E-state index contributed by atoms with van der Waals surface area (Å²) in [5.41, 5.74) is 0.792. The first kappa shape index (κ1) is 14.8. The number of aryl methyl sites for hydroxylation is 1. The smallest absolute Gasteiger partial charge is 0.250 e. The summed E-state index contributed by atoms with van der Waals surface area (Å²) in [4.78, 5) is 16.0. The Morgan fingerprint density at radius 3 is 2.90 bits per heavy atom. The summed E-state index contributed by atoms with van der Waals surface area (Å²) >= 11 is 2.97. The number of rotatable bonds is 5. The fraction of sp³-hybridized carbons (Fsp3) is 0.385. The molecule has 0 spiro atoms. The molecule has 106 valence electrons. The van der Waals surface area contributed by atoms with Crippen LogP contribution in [0.1, 0.15) is 29.6 Å². The normalized spacial score (nSPS) is 11.4. The van der Waals surface area contributed by atoms with Crippen molar-refractivity contribution >= 4 is 39.8 Å². The molecule has 0 bridgehead atoms. The summed E-state index contributed by atoms with van der Waals surface area (Å²) in [5, 5.41) is 15.1. The van der Waals surface area contributed by atoms with Gasteiger partial charge in [0.25, 0.3) is 0 Å². The van der Waals surface area contributed by atoms with Gasteiger partial charge in [-0.2, -0.15) is 0 Å². The lowest BCUT2D eigenvalue weighted by molar-refractivity contribution is -0.111. The SMILES string of the molecule is Cc1nc(/C=C/C(=O)Nc2nnc(CC(C)C)s2)cs1. The van der Waals surface area contributed by atoms with Crippen molar-refractivity contribution in [1.29, 1.82) is 0 Å². The molecular formula is C13H16N4OS2. The number of amides is 1. The molecule has 20 heavy (non-hydrogen) atoms. The minimum atomic E-state index is -0.220. The number of aromatic nitrogens is 3. The van der Waals surface area contributed by atoms with Crippen LogP contribution in [0.2, 0.25) is 0 Å². The number of nitrogens with one attached hydrogen (secondary N) is 1. The Bertz CT molecular complexity index is 615. The van der Waals surface area contributed by atoms with Crippen LogP contribution in [0.25, 0.3) is 6.08 Å². The molecule has 0 saturated heterocycles. The van der Waals surface area contributed by atoms with E-state index in [9.17, 15) is 4.79 Å². The molecule has 0 saturated carbocycles. The first-order chi connectivity index (χ1) is 9.52. The quantitative estimate of drug-likeness (QED) is 0.862. The summed E-state index contributed by atoms with van der Waals surface area (Å²) in [6.07, 6.45) is 4.02. The van der Waals surface area contributed by atoms with E-state index in [1.165, 1.54) is 17.4 Å². The number of thiazole rings is 1. The molecule has 2 aromatic heterocycles. The predicted octanol–water partition coefficient (Wildman–Crippen LogP) is 3.15. The van der Waals surface area contributed by atoms with Gasteiger partial charge in [0.15, 0.2) is 0 Å². The number of nitrogens with zero attached hydrogens (tertiary/aromatic N) is 3. The van der Waals surface area contributed by atoms with Crippen LogP contribution in [0.3, 0.4) is 0 Å². The van der Waals surface area contributed by atoms with Gasteiger partial charge in [-0.25, -0.2) is 4.98 Å². The lowest BCUT2D eigenvalue weighted by atomic mass is 10.1. The average Bonchev–Trinajstić information content (AvgIpc) is 2.95. The minimum Gasteiger partial charge on any atom is -0.297 e. The van der Waals surface area contributed by atoms with Crippen molar-refractivity contribution in [2.45, 2.75) is 27.2 Å². The largest absolute Gasteiger partial charge is 0.297 e. The van der Waals surface area contributed by atoms with Crippen LogP contribution in [0.4, 0.5) is 5.13 Å². The Balaban J connectivity index is 1.91. The van der Waals surface area contributed by atoms with Crippen molar-refractivity contribution in [2.24, 2.45) is 5.92 Å². The maximum atomic E-state index is 11.7. The molecule has 0 aliphatic carbocycles. The lowest BCUT2D eigenvalue weighted by Crippen LogP contribution is -2.07. The fourth-order valence-electron chi connectivity index (χ4n) is 1.50. The Kier molecular flexibility index (Phi) is 4.97. The summed E-state index contributed by atoms with van der Waals surface area (Å²) in [5.74, 6) is 0.308. The number of hydrogen-bond donors (Lipinski definition) is 1.